The molecule has 0 N–H and O–H groups in total. The maximum absolute atomic E-state index is 13.6. The number of nitro benzene ring substituents is 1. The van der Waals surface area contributed by atoms with Gasteiger partial charge in [0.15, 0.2) is 11.6 Å². The Morgan fingerprint density at radius 1 is 1.19 bits per heavy atom. The fourth-order valence-electron chi connectivity index (χ4n) is 2.16. The fraction of sp³-hybridized carbons (Fsp3) is 0.188. The number of halogens is 2. The monoisotopic (exact) mass is 400 g/mol. The molecule has 0 aliphatic carbocycles. The van der Waals surface area contributed by atoms with Gasteiger partial charge in [-0.2, -0.15) is 0 Å². The van der Waals surface area contributed by atoms with Crippen LogP contribution >= 0.6 is 0 Å². The third kappa shape index (κ3) is 4.56. The largest absolute Gasteiger partial charge is 0.465 e. The summed E-state index contributed by atoms with van der Waals surface area (Å²) in [5.74, 6) is -3.46. The highest BCUT2D eigenvalue weighted by Gasteiger charge is 2.29. The van der Waals surface area contributed by atoms with Crippen LogP contribution in [0.15, 0.2) is 47.4 Å². The minimum Gasteiger partial charge on any atom is -0.465 e. The smallest absolute Gasteiger partial charge is 0.326 e. The number of anilines is 1. The summed E-state index contributed by atoms with van der Waals surface area (Å²) < 4.78 is 57.8. The van der Waals surface area contributed by atoms with E-state index >= 15 is 0 Å². The molecule has 0 atom stereocenters. The second-order valence-electron chi connectivity index (χ2n) is 5.17. The first-order valence-electron chi connectivity index (χ1n) is 7.54. The fourth-order valence-corrected chi connectivity index (χ4v) is 3.61. The molecule has 0 saturated carbocycles. The van der Waals surface area contributed by atoms with E-state index in [1.54, 1.807) is 0 Å². The molecule has 11 heteroatoms. The first-order chi connectivity index (χ1) is 12.7. The summed E-state index contributed by atoms with van der Waals surface area (Å²) in [6, 6.07) is 6.39. The van der Waals surface area contributed by atoms with Gasteiger partial charge in [0, 0.05) is 18.2 Å². The molecule has 0 heterocycles. The van der Waals surface area contributed by atoms with Gasteiger partial charge in [0.2, 0.25) is 0 Å². The van der Waals surface area contributed by atoms with Gasteiger partial charge in [-0.1, -0.05) is 6.07 Å². The van der Waals surface area contributed by atoms with Gasteiger partial charge in [-0.15, -0.1) is 0 Å². The molecule has 2 aromatic rings. The molecule has 0 saturated heterocycles. The number of carbonyl (C=O) groups is 1. The Balaban J connectivity index is 2.56. The van der Waals surface area contributed by atoms with Crippen molar-refractivity contribution >= 4 is 27.4 Å². The van der Waals surface area contributed by atoms with Crippen molar-refractivity contribution in [3.63, 3.8) is 0 Å². The molecular weight excluding hydrogens is 386 g/mol. The molecule has 0 unspecified atom stereocenters. The van der Waals surface area contributed by atoms with Crippen LogP contribution < -0.4 is 4.31 Å². The van der Waals surface area contributed by atoms with E-state index in [2.05, 4.69) is 0 Å². The number of hydrogen-bond acceptors (Lipinski definition) is 6. The van der Waals surface area contributed by atoms with Crippen molar-refractivity contribution < 1.29 is 31.7 Å². The van der Waals surface area contributed by atoms with E-state index in [0.29, 0.717) is 16.4 Å². The second-order valence-corrected chi connectivity index (χ2v) is 7.03. The lowest BCUT2D eigenvalue weighted by Gasteiger charge is -2.23. The van der Waals surface area contributed by atoms with Gasteiger partial charge in [-0.05, 0) is 25.1 Å². The van der Waals surface area contributed by atoms with Gasteiger partial charge in [0.05, 0.1) is 22.1 Å². The van der Waals surface area contributed by atoms with Crippen LogP contribution in [0.3, 0.4) is 0 Å². The van der Waals surface area contributed by atoms with E-state index in [0.717, 1.165) is 30.3 Å². The average Bonchev–Trinajstić information content (AvgIpc) is 2.62. The van der Waals surface area contributed by atoms with Gasteiger partial charge < -0.3 is 4.74 Å². The number of ether oxygens (including phenoxy) is 1. The van der Waals surface area contributed by atoms with Crippen LogP contribution in [0.2, 0.25) is 0 Å². The zero-order valence-electron chi connectivity index (χ0n) is 14.0. The highest BCUT2D eigenvalue weighted by Crippen LogP contribution is 2.27. The maximum Gasteiger partial charge on any atom is 0.326 e. The van der Waals surface area contributed by atoms with E-state index in [4.69, 9.17) is 4.74 Å². The summed E-state index contributed by atoms with van der Waals surface area (Å²) in [5, 5.41) is 10.9. The molecule has 8 nitrogen and oxygen atoms in total. The van der Waals surface area contributed by atoms with Gasteiger partial charge in [0.25, 0.3) is 15.7 Å². The van der Waals surface area contributed by atoms with Crippen LogP contribution in [-0.2, 0) is 19.6 Å². The first-order valence-corrected chi connectivity index (χ1v) is 8.98. The van der Waals surface area contributed by atoms with E-state index in [1.807, 2.05) is 0 Å². The number of carbonyl (C=O) groups excluding carboxylic acids is 1. The first kappa shape index (κ1) is 20.2. The summed E-state index contributed by atoms with van der Waals surface area (Å²) >= 11 is 0. The van der Waals surface area contributed by atoms with Crippen molar-refractivity contribution in [2.75, 3.05) is 17.5 Å². The number of hydrogen-bond donors (Lipinski definition) is 0. The van der Waals surface area contributed by atoms with Gasteiger partial charge >= 0.3 is 5.97 Å². The van der Waals surface area contributed by atoms with Crippen LogP contribution in [0.1, 0.15) is 6.92 Å². The second kappa shape index (κ2) is 8.08. The lowest BCUT2D eigenvalue weighted by Crippen LogP contribution is -2.36. The number of sulfonamides is 1. The molecule has 0 spiro atoms. The molecule has 0 bridgehead atoms. The van der Waals surface area contributed by atoms with E-state index in [-0.39, 0.29) is 12.3 Å². The van der Waals surface area contributed by atoms with Crippen LogP contribution in [-0.4, -0.2) is 32.5 Å². The van der Waals surface area contributed by atoms with E-state index in [9.17, 15) is 32.1 Å². The summed E-state index contributed by atoms with van der Waals surface area (Å²) in [5.41, 5.74) is -0.828. The molecule has 2 rings (SSSR count). The number of benzene rings is 2. The van der Waals surface area contributed by atoms with Crippen LogP contribution in [0, 0.1) is 21.7 Å². The molecule has 2 aromatic carbocycles. The zero-order valence-corrected chi connectivity index (χ0v) is 14.8. The normalized spacial score (nSPS) is 11.1. The number of nitro groups is 1. The molecule has 144 valence electrons. The standard InChI is InChI=1S/C16H14F2N2O6S/c1-2-26-16(21)10-19(11-6-7-14(17)15(18)9-11)27(24,25)13-5-3-4-12(8-13)20(22)23/h3-9H,2,10H2,1H3. The molecular formula is C16H14F2N2O6S. The zero-order chi connectivity index (χ0) is 20.2. The third-order valence-corrected chi connectivity index (χ3v) is 5.16. The topological polar surface area (TPSA) is 107 Å². The molecule has 0 fully saturated rings. The van der Waals surface area contributed by atoms with Crippen molar-refractivity contribution in [1.82, 2.24) is 0 Å². The van der Waals surface area contributed by atoms with Crippen molar-refractivity contribution in [3.05, 3.63) is 64.2 Å². The predicted octanol–water partition coefficient (Wildman–Crippen LogP) is 2.63. The Hall–Kier alpha value is -3.08. The average molecular weight is 400 g/mol. The summed E-state index contributed by atoms with van der Waals surface area (Å²) in [7, 11) is -4.51. The molecule has 0 radical (unpaired) electrons. The molecule has 27 heavy (non-hydrogen) atoms. The van der Waals surface area contributed by atoms with Crippen LogP contribution in [0.5, 0.6) is 0 Å². The SMILES string of the molecule is CCOC(=O)CN(c1ccc(F)c(F)c1)S(=O)(=O)c1cccc([N+](=O)[O-])c1. The van der Waals surface area contributed by atoms with Crippen LogP contribution in [0.25, 0.3) is 0 Å². The summed E-state index contributed by atoms with van der Waals surface area (Å²) in [6.07, 6.45) is 0. The minimum absolute atomic E-state index is 0.0265. The van der Waals surface area contributed by atoms with Crippen molar-refractivity contribution in [2.45, 2.75) is 11.8 Å². The summed E-state index contributed by atoms with van der Waals surface area (Å²) in [4.78, 5) is 21.4. The number of nitrogens with zero attached hydrogens (tertiary/aromatic N) is 2. The Morgan fingerprint density at radius 3 is 2.48 bits per heavy atom. The summed E-state index contributed by atoms with van der Waals surface area (Å²) in [6.45, 7) is 0.653. The lowest BCUT2D eigenvalue weighted by molar-refractivity contribution is -0.385. The maximum atomic E-state index is 13.6. The molecule has 0 amide bonds. The Bertz CT molecular complexity index is 981. The Labute approximate surface area is 153 Å². The van der Waals surface area contributed by atoms with Crippen molar-refractivity contribution in [2.24, 2.45) is 0 Å². The van der Waals surface area contributed by atoms with Gasteiger partial charge in [-0.3, -0.25) is 19.2 Å². The van der Waals surface area contributed by atoms with Gasteiger partial charge in [-0.25, -0.2) is 17.2 Å². The molecule has 0 aromatic heterocycles. The third-order valence-electron chi connectivity index (χ3n) is 3.39. The van der Waals surface area contributed by atoms with E-state index < -0.39 is 49.7 Å². The quantitative estimate of drug-likeness (QED) is 0.402. The van der Waals surface area contributed by atoms with E-state index in [1.165, 1.54) is 6.92 Å². The predicted molar refractivity (Wildman–Crippen MR) is 90.6 cm³/mol. The number of non-ortho nitro benzene ring substituents is 1. The molecule has 0 aliphatic heterocycles. The Morgan fingerprint density at radius 2 is 1.89 bits per heavy atom. The highest BCUT2D eigenvalue weighted by atomic mass is 32.2. The van der Waals surface area contributed by atoms with Crippen molar-refractivity contribution in [3.8, 4) is 0 Å². The Kier molecular flexibility index (Phi) is 6.05. The molecule has 0 aliphatic rings. The van der Waals surface area contributed by atoms with Crippen LogP contribution in [0.4, 0.5) is 20.2 Å². The van der Waals surface area contributed by atoms with Crippen molar-refractivity contribution in [1.29, 1.82) is 0 Å². The highest BCUT2D eigenvalue weighted by molar-refractivity contribution is 7.92. The lowest BCUT2D eigenvalue weighted by atomic mass is 10.3. The number of esters is 1. The number of rotatable bonds is 7. The minimum atomic E-state index is -4.51. The van der Waals surface area contributed by atoms with Gasteiger partial charge in [0.1, 0.15) is 6.54 Å².